The van der Waals surface area contributed by atoms with Gasteiger partial charge in [-0.25, -0.2) is 4.79 Å². The summed E-state index contributed by atoms with van der Waals surface area (Å²) in [6.45, 7) is 4.78. The standard InChI is InChI=1S/C23H22N4O4/c1-12-20(13(2)31-26-12)14-9-17(22(28)24-3)21-16-11-15(27-7-4-8-30-23(27)29)5-6-18(16)25-19(21)10-14/h5-6,9-11,25H,4,7-8H2,1-3H3,(H,24,28). The highest BCUT2D eigenvalue weighted by atomic mass is 16.6. The Kier molecular flexibility index (Phi) is 4.43. The third kappa shape index (κ3) is 3.02. The Labute approximate surface area is 178 Å². The van der Waals surface area contributed by atoms with Crippen LogP contribution in [-0.4, -0.2) is 42.3 Å². The number of amides is 2. The number of nitrogens with zero attached hydrogens (tertiary/aromatic N) is 2. The molecule has 1 aliphatic heterocycles. The topological polar surface area (TPSA) is 100 Å². The molecule has 0 radical (unpaired) electrons. The van der Waals surface area contributed by atoms with Gasteiger partial charge in [0.25, 0.3) is 5.91 Å². The quantitative estimate of drug-likeness (QED) is 0.517. The highest BCUT2D eigenvalue weighted by molar-refractivity contribution is 6.19. The van der Waals surface area contributed by atoms with Crippen LogP contribution in [0.3, 0.4) is 0 Å². The molecule has 0 spiro atoms. The molecule has 3 heterocycles. The number of ether oxygens (including phenoxy) is 1. The first-order chi connectivity index (χ1) is 15.0. The van der Waals surface area contributed by atoms with Crippen LogP contribution in [0.15, 0.2) is 34.9 Å². The van der Waals surface area contributed by atoms with E-state index in [1.807, 2.05) is 44.2 Å². The summed E-state index contributed by atoms with van der Waals surface area (Å²) in [6.07, 6.45) is 0.430. The van der Waals surface area contributed by atoms with Crippen LogP contribution in [0.25, 0.3) is 32.9 Å². The van der Waals surface area contributed by atoms with Crippen LogP contribution in [-0.2, 0) is 4.74 Å². The smallest absolute Gasteiger partial charge is 0.414 e. The van der Waals surface area contributed by atoms with Gasteiger partial charge in [0.1, 0.15) is 5.76 Å². The van der Waals surface area contributed by atoms with Crippen LogP contribution in [0.1, 0.15) is 28.2 Å². The SMILES string of the molecule is CNC(=O)c1cc(-c2c(C)noc2C)cc2[nH]c3ccc(N4CCCOC4=O)cc3c12. The summed E-state index contributed by atoms with van der Waals surface area (Å²) in [4.78, 5) is 30.1. The van der Waals surface area contributed by atoms with E-state index in [1.165, 1.54) is 0 Å². The van der Waals surface area contributed by atoms with Gasteiger partial charge in [-0.05, 0) is 56.2 Å². The molecule has 2 amide bonds. The zero-order chi connectivity index (χ0) is 21.7. The van der Waals surface area contributed by atoms with Crippen LogP contribution in [0, 0.1) is 13.8 Å². The summed E-state index contributed by atoms with van der Waals surface area (Å²) in [5.74, 6) is 0.504. The number of H-pyrrole nitrogens is 1. The molecule has 8 nitrogen and oxygen atoms in total. The van der Waals surface area contributed by atoms with Crippen molar-refractivity contribution < 1.29 is 18.8 Å². The van der Waals surface area contributed by atoms with E-state index in [4.69, 9.17) is 9.26 Å². The van der Waals surface area contributed by atoms with E-state index in [-0.39, 0.29) is 12.0 Å². The van der Waals surface area contributed by atoms with Crippen molar-refractivity contribution in [1.29, 1.82) is 0 Å². The molecule has 0 bridgehead atoms. The number of cyclic esters (lactones) is 1. The van der Waals surface area contributed by atoms with Crippen LogP contribution in [0.4, 0.5) is 10.5 Å². The zero-order valence-electron chi connectivity index (χ0n) is 17.5. The van der Waals surface area contributed by atoms with Gasteiger partial charge in [-0.3, -0.25) is 9.69 Å². The van der Waals surface area contributed by atoms with E-state index in [9.17, 15) is 9.59 Å². The molecule has 0 saturated carbocycles. The monoisotopic (exact) mass is 418 g/mol. The Balaban J connectivity index is 1.76. The number of rotatable bonds is 3. The van der Waals surface area contributed by atoms with E-state index >= 15 is 0 Å². The highest BCUT2D eigenvalue weighted by Crippen LogP contribution is 2.37. The molecule has 2 aromatic carbocycles. The number of anilines is 1. The summed E-state index contributed by atoms with van der Waals surface area (Å²) >= 11 is 0. The van der Waals surface area contributed by atoms with Crippen LogP contribution in [0.2, 0.25) is 0 Å². The van der Waals surface area contributed by atoms with Crippen molar-refractivity contribution >= 4 is 39.5 Å². The van der Waals surface area contributed by atoms with Gasteiger partial charge in [-0.1, -0.05) is 5.16 Å². The molecule has 8 heteroatoms. The molecule has 2 aromatic heterocycles. The molecule has 0 unspecified atom stereocenters. The van der Waals surface area contributed by atoms with E-state index in [0.29, 0.717) is 24.5 Å². The predicted molar refractivity (Wildman–Crippen MR) is 117 cm³/mol. The van der Waals surface area contributed by atoms with Crippen LogP contribution >= 0.6 is 0 Å². The molecular formula is C23H22N4O4. The van der Waals surface area contributed by atoms with E-state index < -0.39 is 0 Å². The molecular weight excluding hydrogens is 396 g/mol. The largest absolute Gasteiger partial charge is 0.449 e. The van der Waals surface area contributed by atoms with Crippen molar-refractivity contribution in [2.24, 2.45) is 0 Å². The number of fused-ring (bicyclic) bond motifs is 3. The number of carbonyl (C=O) groups is 2. The second-order valence-corrected chi connectivity index (χ2v) is 7.70. The highest BCUT2D eigenvalue weighted by Gasteiger charge is 2.23. The third-order valence-corrected chi connectivity index (χ3v) is 5.76. The lowest BCUT2D eigenvalue weighted by molar-refractivity contribution is 0.0964. The maximum atomic E-state index is 12.9. The number of aromatic nitrogens is 2. The van der Waals surface area contributed by atoms with E-state index in [2.05, 4.69) is 15.5 Å². The molecule has 0 aliphatic carbocycles. The van der Waals surface area contributed by atoms with Gasteiger partial charge in [0.15, 0.2) is 0 Å². The fourth-order valence-electron chi connectivity index (χ4n) is 4.33. The Bertz CT molecular complexity index is 1330. The number of nitrogens with one attached hydrogen (secondary N) is 2. The lowest BCUT2D eigenvalue weighted by Gasteiger charge is -2.26. The van der Waals surface area contributed by atoms with Gasteiger partial charge < -0.3 is 19.6 Å². The Morgan fingerprint density at radius 3 is 2.74 bits per heavy atom. The lowest BCUT2D eigenvalue weighted by atomic mass is 9.97. The number of carbonyl (C=O) groups excluding carboxylic acids is 2. The zero-order valence-corrected chi connectivity index (χ0v) is 17.5. The maximum absolute atomic E-state index is 12.9. The average Bonchev–Trinajstić information content (AvgIpc) is 3.31. The summed E-state index contributed by atoms with van der Waals surface area (Å²) in [5, 5.41) is 8.46. The van der Waals surface area contributed by atoms with Crippen molar-refractivity contribution in [3.05, 3.63) is 47.3 Å². The lowest BCUT2D eigenvalue weighted by Crippen LogP contribution is -2.37. The minimum atomic E-state index is -0.349. The molecule has 4 aromatic rings. The van der Waals surface area contributed by atoms with Crippen molar-refractivity contribution in [3.63, 3.8) is 0 Å². The Morgan fingerprint density at radius 1 is 1.19 bits per heavy atom. The minimum absolute atomic E-state index is 0.192. The summed E-state index contributed by atoms with van der Waals surface area (Å²) in [7, 11) is 1.61. The molecule has 1 aliphatic rings. The normalized spacial score (nSPS) is 14.3. The number of aryl methyl sites for hydroxylation is 2. The number of hydrogen-bond donors (Lipinski definition) is 2. The van der Waals surface area contributed by atoms with Crippen molar-refractivity contribution in [3.8, 4) is 11.1 Å². The van der Waals surface area contributed by atoms with Crippen molar-refractivity contribution in [2.75, 3.05) is 25.1 Å². The second-order valence-electron chi connectivity index (χ2n) is 7.70. The van der Waals surface area contributed by atoms with Gasteiger partial charge in [-0.2, -0.15) is 0 Å². The van der Waals surface area contributed by atoms with Gasteiger partial charge in [-0.15, -0.1) is 0 Å². The first-order valence-electron chi connectivity index (χ1n) is 10.2. The van der Waals surface area contributed by atoms with Crippen molar-refractivity contribution in [2.45, 2.75) is 20.3 Å². The van der Waals surface area contributed by atoms with Crippen LogP contribution in [0.5, 0.6) is 0 Å². The fraction of sp³-hybridized carbons (Fsp3) is 0.261. The minimum Gasteiger partial charge on any atom is -0.449 e. The number of hydrogen-bond acceptors (Lipinski definition) is 5. The van der Waals surface area contributed by atoms with E-state index in [0.717, 1.165) is 50.7 Å². The molecule has 5 rings (SSSR count). The van der Waals surface area contributed by atoms with Crippen LogP contribution < -0.4 is 10.2 Å². The molecule has 158 valence electrons. The fourth-order valence-corrected chi connectivity index (χ4v) is 4.33. The average molecular weight is 418 g/mol. The number of aromatic amines is 1. The first-order valence-corrected chi connectivity index (χ1v) is 10.2. The van der Waals surface area contributed by atoms with Gasteiger partial charge in [0.2, 0.25) is 0 Å². The molecule has 0 atom stereocenters. The molecule has 31 heavy (non-hydrogen) atoms. The number of benzene rings is 2. The Hall–Kier alpha value is -3.81. The predicted octanol–water partition coefficient (Wildman–Crippen LogP) is 4.30. The first kappa shape index (κ1) is 19.2. The molecule has 1 saturated heterocycles. The summed E-state index contributed by atoms with van der Waals surface area (Å²) in [5.41, 5.74) is 5.49. The van der Waals surface area contributed by atoms with Gasteiger partial charge in [0, 0.05) is 52.2 Å². The van der Waals surface area contributed by atoms with Crippen molar-refractivity contribution in [1.82, 2.24) is 15.5 Å². The maximum Gasteiger partial charge on any atom is 0.414 e. The van der Waals surface area contributed by atoms with E-state index in [1.54, 1.807) is 11.9 Å². The molecule has 2 N–H and O–H groups in total. The molecule has 1 fully saturated rings. The Morgan fingerprint density at radius 2 is 2.03 bits per heavy atom. The second kappa shape index (κ2) is 7.16. The van der Waals surface area contributed by atoms with Gasteiger partial charge in [0.05, 0.1) is 12.3 Å². The summed E-state index contributed by atoms with van der Waals surface area (Å²) in [6, 6.07) is 9.61. The van der Waals surface area contributed by atoms with Gasteiger partial charge >= 0.3 is 6.09 Å². The third-order valence-electron chi connectivity index (χ3n) is 5.76. The summed E-state index contributed by atoms with van der Waals surface area (Å²) < 4.78 is 10.5.